The first-order valence-corrected chi connectivity index (χ1v) is 14.2. The smallest absolute Gasteiger partial charge is 0.149 e. The van der Waals surface area contributed by atoms with Gasteiger partial charge in [0.1, 0.15) is 5.82 Å². The van der Waals surface area contributed by atoms with Gasteiger partial charge in [-0.3, -0.25) is 4.90 Å². The number of hydrogen-bond donors (Lipinski definition) is 3. The maximum Gasteiger partial charge on any atom is 0.149 e. The van der Waals surface area contributed by atoms with Gasteiger partial charge >= 0.3 is 0 Å². The van der Waals surface area contributed by atoms with E-state index in [2.05, 4.69) is 86.8 Å². The van der Waals surface area contributed by atoms with Gasteiger partial charge < -0.3 is 26.4 Å². The van der Waals surface area contributed by atoms with Gasteiger partial charge in [-0.05, 0) is 36.0 Å². The van der Waals surface area contributed by atoms with Crippen LogP contribution in [0.15, 0.2) is 18.2 Å². The SMILES string of the molecule is CCCCCNc1c(N)c(N)nc2ccc(N3CCN(CC(C)(C)COCC(C)(C)C(C)C)CC3)cc12. The van der Waals surface area contributed by atoms with Crippen molar-refractivity contribution < 1.29 is 4.74 Å². The lowest BCUT2D eigenvalue weighted by atomic mass is 9.82. The van der Waals surface area contributed by atoms with E-state index in [1.165, 1.54) is 18.5 Å². The molecule has 2 aromatic rings. The first-order chi connectivity index (χ1) is 17.4. The summed E-state index contributed by atoms with van der Waals surface area (Å²) in [6, 6.07) is 6.46. The topological polar surface area (TPSA) is 92.7 Å². The monoisotopic (exact) mass is 512 g/mol. The lowest BCUT2D eigenvalue weighted by Crippen LogP contribution is -2.49. The van der Waals surface area contributed by atoms with Crippen LogP contribution in [0.25, 0.3) is 10.9 Å². The first-order valence-electron chi connectivity index (χ1n) is 14.2. The summed E-state index contributed by atoms with van der Waals surface area (Å²) in [4.78, 5) is 9.59. The number of aromatic nitrogens is 1. The second-order valence-corrected chi connectivity index (χ2v) is 12.7. The number of nitrogens with two attached hydrogens (primary N) is 2. The number of rotatable bonds is 13. The summed E-state index contributed by atoms with van der Waals surface area (Å²) in [6.45, 7) is 23.6. The van der Waals surface area contributed by atoms with Crippen LogP contribution in [0.1, 0.15) is 67.7 Å². The molecule has 1 fully saturated rings. The second kappa shape index (κ2) is 12.5. The normalized spacial score (nSPS) is 15.6. The number of pyridine rings is 1. The third kappa shape index (κ3) is 7.87. The van der Waals surface area contributed by atoms with Gasteiger partial charge in [0.15, 0.2) is 0 Å². The van der Waals surface area contributed by atoms with Gasteiger partial charge in [-0.2, -0.15) is 0 Å². The predicted molar refractivity (Wildman–Crippen MR) is 160 cm³/mol. The van der Waals surface area contributed by atoms with Gasteiger partial charge in [-0.15, -0.1) is 0 Å². The molecule has 7 heteroatoms. The van der Waals surface area contributed by atoms with E-state index >= 15 is 0 Å². The molecule has 0 amide bonds. The number of nitrogens with one attached hydrogen (secondary N) is 1. The van der Waals surface area contributed by atoms with Crippen molar-refractivity contribution in [1.82, 2.24) is 9.88 Å². The number of nitrogen functional groups attached to an aromatic ring is 2. The van der Waals surface area contributed by atoms with Crippen LogP contribution in [0, 0.1) is 16.7 Å². The molecule has 5 N–H and O–H groups in total. The van der Waals surface area contributed by atoms with Gasteiger partial charge in [-0.1, -0.05) is 61.3 Å². The molecule has 1 aliphatic heterocycles. The predicted octanol–water partition coefficient (Wildman–Crippen LogP) is 5.85. The summed E-state index contributed by atoms with van der Waals surface area (Å²) >= 11 is 0. The van der Waals surface area contributed by atoms with E-state index in [1.807, 2.05) is 0 Å². The van der Waals surface area contributed by atoms with Crippen LogP contribution in [-0.2, 0) is 4.74 Å². The highest BCUT2D eigenvalue weighted by atomic mass is 16.5. The molecule has 1 aromatic carbocycles. The minimum absolute atomic E-state index is 0.125. The molecule has 0 aliphatic carbocycles. The molecule has 1 aromatic heterocycles. The van der Waals surface area contributed by atoms with Crippen molar-refractivity contribution in [3.05, 3.63) is 18.2 Å². The summed E-state index contributed by atoms with van der Waals surface area (Å²) in [5.41, 5.74) is 16.4. The van der Waals surface area contributed by atoms with Crippen LogP contribution in [0.5, 0.6) is 0 Å². The summed E-state index contributed by atoms with van der Waals surface area (Å²) in [7, 11) is 0. The van der Waals surface area contributed by atoms with Crippen LogP contribution in [-0.4, -0.2) is 62.4 Å². The Kier molecular flexibility index (Phi) is 9.92. The number of nitrogens with zero attached hydrogens (tertiary/aromatic N) is 3. The molecule has 0 radical (unpaired) electrons. The van der Waals surface area contributed by atoms with Crippen molar-refractivity contribution in [1.29, 1.82) is 0 Å². The van der Waals surface area contributed by atoms with Gasteiger partial charge in [0.25, 0.3) is 0 Å². The highest BCUT2D eigenvalue weighted by Crippen LogP contribution is 2.35. The van der Waals surface area contributed by atoms with Crippen molar-refractivity contribution in [2.45, 2.75) is 67.7 Å². The van der Waals surface area contributed by atoms with Crippen LogP contribution < -0.4 is 21.7 Å². The van der Waals surface area contributed by atoms with E-state index in [0.29, 0.717) is 17.4 Å². The Labute approximate surface area is 225 Å². The largest absolute Gasteiger partial charge is 0.394 e. The zero-order chi connectivity index (χ0) is 27.2. The molecule has 2 heterocycles. The highest BCUT2D eigenvalue weighted by Gasteiger charge is 2.28. The molecular formula is C30H52N6O. The molecule has 37 heavy (non-hydrogen) atoms. The number of unbranched alkanes of at least 4 members (excludes halogenated alkanes) is 2. The van der Waals surface area contributed by atoms with Crippen molar-refractivity contribution in [2.75, 3.05) is 74.2 Å². The molecule has 7 nitrogen and oxygen atoms in total. The lowest BCUT2D eigenvalue weighted by molar-refractivity contribution is -0.0118. The Morgan fingerprint density at radius 1 is 1.03 bits per heavy atom. The second-order valence-electron chi connectivity index (χ2n) is 12.7. The molecule has 208 valence electrons. The Bertz CT molecular complexity index is 1010. The minimum atomic E-state index is 0.125. The van der Waals surface area contributed by atoms with Crippen LogP contribution in [0.3, 0.4) is 0 Å². The van der Waals surface area contributed by atoms with E-state index in [4.69, 9.17) is 16.2 Å². The zero-order valence-corrected chi connectivity index (χ0v) is 24.5. The number of piperazine rings is 1. The quantitative estimate of drug-likeness (QED) is 0.290. The van der Waals surface area contributed by atoms with Gasteiger partial charge in [0, 0.05) is 55.8 Å². The van der Waals surface area contributed by atoms with E-state index in [9.17, 15) is 0 Å². The average molecular weight is 513 g/mol. The Balaban J connectivity index is 1.61. The molecule has 0 atom stereocenters. The summed E-state index contributed by atoms with van der Waals surface area (Å²) in [6.07, 6.45) is 3.49. The molecule has 0 unspecified atom stereocenters. The summed E-state index contributed by atoms with van der Waals surface area (Å²) < 4.78 is 6.20. The number of ether oxygens (including phenoxy) is 1. The van der Waals surface area contributed by atoms with Crippen LogP contribution in [0.2, 0.25) is 0 Å². The lowest BCUT2D eigenvalue weighted by Gasteiger charge is -2.40. The molecule has 0 spiro atoms. The van der Waals surface area contributed by atoms with Gasteiger partial charge in [-0.25, -0.2) is 4.98 Å². The molecule has 0 bridgehead atoms. The zero-order valence-electron chi connectivity index (χ0n) is 24.5. The van der Waals surface area contributed by atoms with Crippen LogP contribution in [0.4, 0.5) is 22.9 Å². The Morgan fingerprint density at radius 3 is 2.38 bits per heavy atom. The average Bonchev–Trinajstić information content (AvgIpc) is 2.83. The van der Waals surface area contributed by atoms with Gasteiger partial charge in [0.05, 0.1) is 30.1 Å². The van der Waals surface area contributed by atoms with E-state index in [0.717, 1.165) is 75.5 Å². The van der Waals surface area contributed by atoms with Crippen LogP contribution >= 0.6 is 0 Å². The Hall–Kier alpha value is -2.25. The van der Waals surface area contributed by atoms with Crippen molar-refractivity contribution in [3.8, 4) is 0 Å². The van der Waals surface area contributed by atoms with E-state index in [1.54, 1.807) is 0 Å². The van der Waals surface area contributed by atoms with Crippen molar-refractivity contribution >= 4 is 33.8 Å². The van der Waals surface area contributed by atoms with E-state index in [-0.39, 0.29) is 10.8 Å². The number of anilines is 4. The highest BCUT2D eigenvalue weighted by molar-refractivity contribution is 6.02. The first kappa shape index (κ1) is 29.3. The fourth-order valence-electron chi connectivity index (χ4n) is 4.83. The molecule has 1 aliphatic rings. The fourth-order valence-corrected chi connectivity index (χ4v) is 4.83. The van der Waals surface area contributed by atoms with E-state index < -0.39 is 0 Å². The van der Waals surface area contributed by atoms with Crippen molar-refractivity contribution in [3.63, 3.8) is 0 Å². The maximum absolute atomic E-state index is 6.36. The van der Waals surface area contributed by atoms with Gasteiger partial charge in [0.2, 0.25) is 0 Å². The summed E-state index contributed by atoms with van der Waals surface area (Å²) in [5, 5.41) is 4.59. The number of hydrogen-bond acceptors (Lipinski definition) is 7. The van der Waals surface area contributed by atoms with Crippen molar-refractivity contribution in [2.24, 2.45) is 16.7 Å². The molecule has 0 saturated carbocycles. The third-order valence-electron chi connectivity index (χ3n) is 8.04. The number of benzene rings is 1. The number of fused-ring (bicyclic) bond motifs is 1. The molecule has 1 saturated heterocycles. The standard InChI is InChI=1S/C30H52N6O/c1-8-9-10-13-33-27-24-18-23(11-12-25(24)34-28(32)26(27)31)36-16-14-35(15-17-36)19-29(4,5)20-37-21-30(6,7)22(2)3/h11-12,18,22H,8-10,13-17,19-21,31H2,1-7H3,(H3,32,33,34). The Morgan fingerprint density at radius 2 is 1.73 bits per heavy atom. The third-order valence-corrected chi connectivity index (χ3v) is 8.04. The summed E-state index contributed by atoms with van der Waals surface area (Å²) in [5.74, 6) is 1.00. The maximum atomic E-state index is 6.36. The minimum Gasteiger partial charge on any atom is -0.394 e. The fraction of sp³-hybridized carbons (Fsp3) is 0.700. The molecular weight excluding hydrogens is 460 g/mol. The molecule has 3 rings (SSSR count).